The third-order valence-electron chi connectivity index (χ3n) is 4.39. The number of likely N-dealkylation sites (N-methyl/N-ethyl adjacent to an activating group) is 1. The van der Waals surface area contributed by atoms with Gasteiger partial charge in [-0.15, -0.1) is 0 Å². The van der Waals surface area contributed by atoms with Crippen molar-refractivity contribution >= 4 is 11.9 Å². The highest BCUT2D eigenvalue weighted by atomic mass is 19.4. The van der Waals surface area contributed by atoms with Gasteiger partial charge in [-0.2, -0.15) is 13.2 Å². The molecule has 9 heteroatoms. The number of benzene rings is 2. The second-order valence-corrected chi connectivity index (χ2v) is 6.80. The van der Waals surface area contributed by atoms with Crippen molar-refractivity contribution in [2.75, 3.05) is 20.2 Å². The predicted molar refractivity (Wildman–Crippen MR) is 114 cm³/mol. The Hall–Kier alpha value is -3.23. The van der Waals surface area contributed by atoms with E-state index < -0.39 is 11.7 Å². The Morgan fingerprint density at radius 2 is 1.87 bits per heavy atom. The van der Waals surface area contributed by atoms with Crippen LogP contribution in [0.2, 0.25) is 0 Å². The van der Waals surface area contributed by atoms with Gasteiger partial charge >= 0.3 is 6.18 Å². The lowest BCUT2D eigenvalue weighted by Crippen LogP contribution is -2.38. The van der Waals surface area contributed by atoms with Crippen molar-refractivity contribution in [2.45, 2.75) is 32.6 Å². The summed E-state index contributed by atoms with van der Waals surface area (Å²) in [7, 11) is 1.58. The Morgan fingerprint density at radius 3 is 2.55 bits per heavy atom. The minimum absolute atomic E-state index is 0.0670. The molecular formula is C22H27F3N4O2. The number of carbonyl (C=O) groups excluding carboxylic acids is 1. The number of carbonyl (C=O) groups is 1. The van der Waals surface area contributed by atoms with E-state index in [-0.39, 0.29) is 18.6 Å². The molecule has 0 saturated carbocycles. The average Bonchev–Trinajstić information content (AvgIpc) is 2.75. The van der Waals surface area contributed by atoms with Gasteiger partial charge in [-0.25, -0.2) is 0 Å². The zero-order valence-electron chi connectivity index (χ0n) is 17.7. The van der Waals surface area contributed by atoms with Crippen molar-refractivity contribution in [1.29, 1.82) is 0 Å². The maximum Gasteiger partial charge on any atom is 0.416 e. The zero-order chi connectivity index (χ0) is 22.9. The van der Waals surface area contributed by atoms with E-state index in [2.05, 4.69) is 20.9 Å². The molecule has 3 N–H and O–H groups in total. The van der Waals surface area contributed by atoms with Gasteiger partial charge in [-0.05, 0) is 49.2 Å². The maximum atomic E-state index is 12.9. The fraction of sp³-hybridized carbons (Fsp3) is 0.364. The molecule has 2 aromatic carbocycles. The highest BCUT2D eigenvalue weighted by molar-refractivity contribution is 5.80. The lowest BCUT2D eigenvalue weighted by Gasteiger charge is -2.19. The highest BCUT2D eigenvalue weighted by Crippen LogP contribution is 2.30. The molecule has 0 aliphatic rings. The number of nitrogens with one attached hydrogen (secondary N) is 3. The molecule has 0 heterocycles. The van der Waals surface area contributed by atoms with E-state index in [0.717, 1.165) is 17.7 Å². The molecular weight excluding hydrogens is 409 g/mol. The zero-order valence-corrected chi connectivity index (χ0v) is 17.7. The van der Waals surface area contributed by atoms with Gasteiger partial charge in [0.15, 0.2) is 12.6 Å². The first-order valence-corrected chi connectivity index (χ1v) is 9.85. The Morgan fingerprint density at radius 1 is 1.13 bits per heavy atom. The van der Waals surface area contributed by atoms with Crippen LogP contribution in [0.15, 0.2) is 53.5 Å². The third-order valence-corrected chi connectivity index (χ3v) is 4.39. The summed E-state index contributed by atoms with van der Waals surface area (Å²) in [6.07, 6.45) is -4.39. The van der Waals surface area contributed by atoms with E-state index in [9.17, 15) is 18.0 Å². The summed E-state index contributed by atoms with van der Waals surface area (Å²) >= 11 is 0. The van der Waals surface area contributed by atoms with Crippen molar-refractivity contribution < 1.29 is 22.7 Å². The second kappa shape index (κ2) is 11.2. The summed E-state index contributed by atoms with van der Waals surface area (Å²) in [6.45, 7) is 4.48. The average molecular weight is 436 g/mol. The van der Waals surface area contributed by atoms with Gasteiger partial charge in [0, 0.05) is 20.1 Å². The van der Waals surface area contributed by atoms with Gasteiger partial charge in [0.05, 0.1) is 11.6 Å². The smallest absolute Gasteiger partial charge is 0.416 e. The number of aliphatic imine (C=N–C) groups is 1. The van der Waals surface area contributed by atoms with E-state index in [0.29, 0.717) is 30.4 Å². The van der Waals surface area contributed by atoms with Crippen molar-refractivity contribution in [3.8, 4) is 5.75 Å². The standard InChI is InChI=1S/C22H27F3N4O2/c1-4-27-20(30)14-31-19-10-5-7-16(11-19)13-28-21(26-3)29-15(2)17-8-6-9-18(12-17)22(23,24)25/h5-12,15H,4,13-14H2,1-3H3,(H,27,30)(H2,26,28,29). The van der Waals surface area contributed by atoms with E-state index in [4.69, 9.17) is 4.74 Å². The molecule has 2 aromatic rings. The summed E-state index contributed by atoms with van der Waals surface area (Å²) in [4.78, 5) is 15.6. The highest BCUT2D eigenvalue weighted by Gasteiger charge is 2.30. The molecule has 31 heavy (non-hydrogen) atoms. The molecule has 0 radical (unpaired) electrons. The van der Waals surface area contributed by atoms with E-state index in [1.54, 1.807) is 32.2 Å². The van der Waals surface area contributed by atoms with Gasteiger partial charge in [-0.3, -0.25) is 9.79 Å². The fourth-order valence-electron chi connectivity index (χ4n) is 2.80. The molecule has 2 rings (SSSR count). The summed E-state index contributed by atoms with van der Waals surface area (Å²) in [5, 5.41) is 8.87. The summed E-state index contributed by atoms with van der Waals surface area (Å²) in [6, 6.07) is 12.1. The first-order chi connectivity index (χ1) is 14.7. The Bertz CT molecular complexity index is 900. The van der Waals surface area contributed by atoms with Crippen LogP contribution >= 0.6 is 0 Å². The number of halogens is 3. The molecule has 1 atom stereocenters. The van der Waals surface area contributed by atoms with E-state index in [1.165, 1.54) is 6.07 Å². The van der Waals surface area contributed by atoms with E-state index in [1.807, 2.05) is 19.1 Å². The lowest BCUT2D eigenvalue weighted by molar-refractivity contribution is -0.137. The molecule has 1 amide bonds. The molecule has 0 bridgehead atoms. The van der Waals surface area contributed by atoms with Crippen LogP contribution in [-0.4, -0.2) is 32.1 Å². The van der Waals surface area contributed by atoms with Gasteiger partial charge in [0.25, 0.3) is 5.91 Å². The van der Waals surface area contributed by atoms with Crippen molar-refractivity contribution in [2.24, 2.45) is 4.99 Å². The van der Waals surface area contributed by atoms with Crippen LogP contribution in [-0.2, 0) is 17.5 Å². The quantitative estimate of drug-likeness (QED) is 0.436. The molecule has 0 fully saturated rings. The normalized spacial score (nSPS) is 12.8. The topological polar surface area (TPSA) is 74.8 Å². The number of hydrogen-bond donors (Lipinski definition) is 3. The van der Waals surface area contributed by atoms with Gasteiger partial charge < -0.3 is 20.7 Å². The van der Waals surface area contributed by atoms with Crippen molar-refractivity contribution in [1.82, 2.24) is 16.0 Å². The van der Waals surface area contributed by atoms with Crippen LogP contribution in [0.3, 0.4) is 0 Å². The van der Waals surface area contributed by atoms with Crippen LogP contribution in [0.1, 0.15) is 36.6 Å². The molecule has 0 aromatic heterocycles. The molecule has 0 aliphatic heterocycles. The summed E-state index contributed by atoms with van der Waals surface area (Å²) < 4.78 is 44.3. The fourth-order valence-corrected chi connectivity index (χ4v) is 2.80. The maximum absolute atomic E-state index is 12.9. The van der Waals surface area contributed by atoms with Gasteiger partial charge in [0.2, 0.25) is 0 Å². The molecule has 168 valence electrons. The Labute approximate surface area is 179 Å². The third kappa shape index (κ3) is 7.84. The number of amides is 1. The van der Waals surface area contributed by atoms with Crippen LogP contribution in [0.4, 0.5) is 13.2 Å². The largest absolute Gasteiger partial charge is 0.484 e. The van der Waals surface area contributed by atoms with Crippen LogP contribution in [0.25, 0.3) is 0 Å². The second-order valence-electron chi connectivity index (χ2n) is 6.80. The first-order valence-electron chi connectivity index (χ1n) is 9.85. The number of nitrogens with zero attached hydrogens (tertiary/aromatic N) is 1. The van der Waals surface area contributed by atoms with Crippen LogP contribution in [0, 0.1) is 0 Å². The van der Waals surface area contributed by atoms with E-state index >= 15 is 0 Å². The molecule has 0 aliphatic carbocycles. The number of hydrogen-bond acceptors (Lipinski definition) is 3. The Kier molecular flexibility index (Phi) is 8.72. The van der Waals surface area contributed by atoms with Crippen LogP contribution < -0.4 is 20.7 Å². The monoisotopic (exact) mass is 436 g/mol. The number of alkyl halides is 3. The van der Waals surface area contributed by atoms with Crippen molar-refractivity contribution in [3.05, 3.63) is 65.2 Å². The summed E-state index contributed by atoms with van der Waals surface area (Å²) in [5.41, 5.74) is 0.702. The first kappa shape index (κ1) is 24.0. The molecule has 0 saturated heterocycles. The molecule has 1 unspecified atom stereocenters. The number of rotatable bonds is 8. The molecule has 6 nitrogen and oxygen atoms in total. The van der Waals surface area contributed by atoms with Gasteiger partial charge in [-0.1, -0.05) is 24.3 Å². The predicted octanol–water partition coefficient (Wildman–Crippen LogP) is 3.65. The molecule has 0 spiro atoms. The minimum atomic E-state index is -4.39. The number of guanidine groups is 1. The van der Waals surface area contributed by atoms with Crippen molar-refractivity contribution in [3.63, 3.8) is 0 Å². The number of ether oxygens (including phenoxy) is 1. The van der Waals surface area contributed by atoms with Gasteiger partial charge in [0.1, 0.15) is 5.75 Å². The minimum Gasteiger partial charge on any atom is -0.484 e. The lowest BCUT2D eigenvalue weighted by atomic mass is 10.1. The SMILES string of the molecule is CCNC(=O)COc1cccc(CNC(=NC)NC(C)c2cccc(C(F)(F)F)c2)c1. The Balaban J connectivity index is 1.94. The van der Waals surface area contributed by atoms with Crippen LogP contribution in [0.5, 0.6) is 5.75 Å². The summed E-state index contributed by atoms with van der Waals surface area (Å²) in [5.74, 6) is 0.809.